The lowest BCUT2D eigenvalue weighted by Crippen LogP contribution is -2.12. The number of allylic oxidation sites excluding steroid dienone is 6. The molecule has 1 aliphatic carbocycles. The summed E-state index contributed by atoms with van der Waals surface area (Å²) in [6, 6.07) is 0. The van der Waals surface area contributed by atoms with E-state index in [9.17, 15) is 9.59 Å². The number of carbonyl (C=O) groups is 2. The summed E-state index contributed by atoms with van der Waals surface area (Å²) in [6.07, 6.45) is 17.4. The number of hydrogen-bond acceptors (Lipinski definition) is 2. The van der Waals surface area contributed by atoms with Crippen molar-refractivity contribution < 1.29 is 9.59 Å². The molecule has 0 bridgehead atoms. The third kappa shape index (κ3) is 11.4. The molecule has 0 aromatic rings. The molecule has 0 fully saturated rings. The van der Waals surface area contributed by atoms with Crippen LogP contribution in [0.3, 0.4) is 0 Å². The molecule has 2 nitrogen and oxygen atoms in total. The number of hydrogen-bond donors (Lipinski definition) is 0. The Bertz CT molecular complexity index is 618. The molecule has 0 saturated carbocycles. The van der Waals surface area contributed by atoms with Crippen LogP contribution >= 0.6 is 0 Å². The van der Waals surface area contributed by atoms with Crippen molar-refractivity contribution in [3.8, 4) is 0 Å². The number of rotatable bonds is 14. The quantitative estimate of drug-likeness (QED) is 0.220. The molecule has 0 spiro atoms. The predicted molar refractivity (Wildman–Crippen MR) is 125 cm³/mol. The number of ketones is 2. The van der Waals surface area contributed by atoms with Crippen LogP contribution in [0, 0.1) is 17.8 Å². The largest absolute Gasteiger partial charge is 0.290 e. The zero-order valence-electron chi connectivity index (χ0n) is 19.9. The van der Waals surface area contributed by atoms with E-state index in [4.69, 9.17) is 0 Å². The Hall–Kier alpha value is -1.44. The standard InChI is InChI=1S/C27H44O2/c1-20(2)10-7-11-21(3)12-8-13-22(4)14-9-15-23(5)16-17-25-19-26(28)18-24(6)27(25)29/h16,18-22H,7-15,17H2,1-6H3/b23-16-. The summed E-state index contributed by atoms with van der Waals surface area (Å²) >= 11 is 0. The molecule has 0 aliphatic heterocycles. The van der Waals surface area contributed by atoms with Gasteiger partial charge in [-0.2, -0.15) is 0 Å². The van der Waals surface area contributed by atoms with Gasteiger partial charge in [0.15, 0.2) is 11.6 Å². The number of Topliss-reactive ketones (excluding diaryl/α,β-unsaturated/α-hetero) is 1. The van der Waals surface area contributed by atoms with Crippen molar-refractivity contribution in [1.82, 2.24) is 0 Å². The maximum absolute atomic E-state index is 12.1. The lowest BCUT2D eigenvalue weighted by molar-refractivity contribution is -0.115. The smallest absolute Gasteiger partial charge is 0.185 e. The average molecular weight is 401 g/mol. The van der Waals surface area contributed by atoms with Crippen molar-refractivity contribution in [2.45, 2.75) is 106 Å². The minimum Gasteiger partial charge on any atom is -0.290 e. The van der Waals surface area contributed by atoms with Gasteiger partial charge in [-0.1, -0.05) is 84.3 Å². The first kappa shape index (κ1) is 25.6. The molecule has 0 aromatic carbocycles. The fourth-order valence-corrected chi connectivity index (χ4v) is 4.06. The highest BCUT2D eigenvalue weighted by Gasteiger charge is 2.17. The molecule has 2 heteroatoms. The van der Waals surface area contributed by atoms with E-state index in [0.29, 0.717) is 17.6 Å². The van der Waals surface area contributed by atoms with Crippen LogP contribution in [-0.2, 0) is 9.59 Å². The Balaban J connectivity index is 2.18. The summed E-state index contributed by atoms with van der Waals surface area (Å²) in [5.41, 5.74) is 2.51. The molecule has 0 radical (unpaired) electrons. The summed E-state index contributed by atoms with van der Waals surface area (Å²) in [4.78, 5) is 23.7. The van der Waals surface area contributed by atoms with E-state index >= 15 is 0 Å². The zero-order chi connectivity index (χ0) is 21.8. The molecular weight excluding hydrogens is 356 g/mol. The maximum atomic E-state index is 12.1. The predicted octanol–water partition coefficient (Wildman–Crippen LogP) is 7.79. The van der Waals surface area contributed by atoms with Crippen LogP contribution in [0.2, 0.25) is 0 Å². The Morgan fingerprint density at radius 1 is 0.862 bits per heavy atom. The van der Waals surface area contributed by atoms with E-state index in [1.165, 1.54) is 69.1 Å². The minimum absolute atomic E-state index is 0.0145. The highest BCUT2D eigenvalue weighted by molar-refractivity contribution is 6.20. The van der Waals surface area contributed by atoms with Gasteiger partial charge in [-0.15, -0.1) is 0 Å². The van der Waals surface area contributed by atoms with Gasteiger partial charge in [0.1, 0.15) is 0 Å². The van der Waals surface area contributed by atoms with Crippen LogP contribution < -0.4 is 0 Å². The van der Waals surface area contributed by atoms with Crippen LogP contribution in [0.1, 0.15) is 106 Å². The lowest BCUT2D eigenvalue weighted by atomic mass is 9.91. The normalized spacial score (nSPS) is 17.4. The van der Waals surface area contributed by atoms with Crippen LogP contribution in [0.4, 0.5) is 0 Å². The fraction of sp³-hybridized carbons (Fsp3) is 0.704. The van der Waals surface area contributed by atoms with Crippen molar-refractivity contribution in [3.05, 3.63) is 34.9 Å². The molecule has 0 saturated heterocycles. The van der Waals surface area contributed by atoms with Crippen LogP contribution in [0.25, 0.3) is 0 Å². The van der Waals surface area contributed by atoms with E-state index in [-0.39, 0.29) is 11.6 Å². The third-order valence-corrected chi connectivity index (χ3v) is 6.14. The van der Waals surface area contributed by atoms with Gasteiger partial charge in [-0.3, -0.25) is 9.59 Å². The molecule has 0 heterocycles. The highest BCUT2D eigenvalue weighted by Crippen LogP contribution is 2.23. The van der Waals surface area contributed by atoms with Gasteiger partial charge >= 0.3 is 0 Å². The van der Waals surface area contributed by atoms with E-state index < -0.39 is 0 Å². The van der Waals surface area contributed by atoms with Crippen molar-refractivity contribution >= 4 is 11.6 Å². The minimum atomic E-state index is -0.0637. The van der Waals surface area contributed by atoms with Crippen LogP contribution in [-0.4, -0.2) is 11.6 Å². The molecule has 1 aliphatic rings. The SMILES string of the molecule is CC1=CC(=O)C=C(C/C=C(/C)CCCC(C)CCCC(C)CCCC(C)C)C1=O. The second kappa shape index (κ2) is 13.7. The summed E-state index contributed by atoms with van der Waals surface area (Å²) in [7, 11) is 0. The molecule has 164 valence electrons. The van der Waals surface area contributed by atoms with Gasteiger partial charge in [-0.25, -0.2) is 0 Å². The summed E-state index contributed by atoms with van der Waals surface area (Å²) in [5.74, 6) is 2.45. The molecule has 2 unspecified atom stereocenters. The number of carbonyl (C=O) groups excluding carboxylic acids is 2. The molecular formula is C27H44O2. The maximum Gasteiger partial charge on any atom is 0.185 e. The highest BCUT2D eigenvalue weighted by atomic mass is 16.1. The van der Waals surface area contributed by atoms with E-state index in [0.717, 1.165) is 24.2 Å². The van der Waals surface area contributed by atoms with Gasteiger partial charge < -0.3 is 0 Å². The van der Waals surface area contributed by atoms with Crippen LogP contribution in [0.5, 0.6) is 0 Å². The van der Waals surface area contributed by atoms with Crippen molar-refractivity contribution in [2.75, 3.05) is 0 Å². The monoisotopic (exact) mass is 400 g/mol. The molecule has 0 N–H and O–H groups in total. The van der Waals surface area contributed by atoms with Crippen molar-refractivity contribution in [2.24, 2.45) is 17.8 Å². The average Bonchev–Trinajstić information content (AvgIpc) is 2.63. The lowest BCUT2D eigenvalue weighted by Gasteiger charge is -2.15. The second-order valence-corrected chi connectivity index (χ2v) is 9.84. The fourth-order valence-electron chi connectivity index (χ4n) is 4.06. The Morgan fingerprint density at radius 3 is 2.00 bits per heavy atom. The first-order valence-electron chi connectivity index (χ1n) is 11.8. The van der Waals surface area contributed by atoms with Crippen LogP contribution in [0.15, 0.2) is 34.9 Å². The van der Waals surface area contributed by atoms with Gasteiger partial charge in [0.2, 0.25) is 0 Å². The first-order valence-corrected chi connectivity index (χ1v) is 11.8. The molecule has 0 aromatic heterocycles. The van der Waals surface area contributed by atoms with Gasteiger partial charge in [-0.05, 0) is 63.0 Å². The molecule has 1 rings (SSSR count). The second-order valence-electron chi connectivity index (χ2n) is 9.84. The van der Waals surface area contributed by atoms with E-state index in [1.54, 1.807) is 6.92 Å². The third-order valence-electron chi connectivity index (χ3n) is 6.14. The summed E-state index contributed by atoms with van der Waals surface area (Å²) < 4.78 is 0. The molecule has 0 amide bonds. The molecule has 29 heavy (non-hydrogen) atoms. The summed E-state index contributed by atoms with van der Waals surface area (Å²) in [5, 5.41) is 0. The van der Waals surface area contributed by atoms with Crippen molar-refractivity contribution in [3.63, 3.8) is 0 Å². The summed E-state index contributed by atoms with van der Waals surface area (Å²) in [6.45, 7) is 13.3. The first-order chi connectivity index (χ1) is 13.7. The topological polar surface area (TPSA) is 34.1 Å². The van der Waals surface area contributed by atoms with Gasteiger partial charge in [0.25, 0.3) is 0 Å². The molecule has 2 atom stereocenters. The zero-order valence-corrected chi connectivity index (χ0v) is 19.9. The van der Waals surface area contributed by atoms with Crippen molar-refractivity contribution in [1.29, 1.82) is 0 Å². The Labute approximate surface area is 179 Å². The van der Waals surface area contributed by atoms with Gasteiger partial charge in [0, 0.05) is 11.1 Å². The van der Waals surface area contributed by atoms with Gasteiger partial charge in [0.05, 0.1) is 0 Å². The Kier molecular flexibility index (Phi) is 12.1. The van der Waals surface area contributed by atoms with E-state index in [2.05, 4.69) is 40.7 Å². The van der Waals surface area contributed by atoms with E-state index in [1.807, 2.05) is 0 Å². The Morgan fingerprint density at radius 2 is 1.41 bits per heavy atom.